The fourth-order valence-corrected chi connectivity index (χ4v) is 13.6. The maximum atomic E-state index is 12.8. The van der Waals surface area contributed by atoms with Crippen LogP contribution < -0.4 is 10.6 Å². The number of carbonyl (C=O) groups is 2. The zero-order valence-electron chi connectivity index (χ0n) is 56.2. The van der Waals surface area contributed by atoms with E-state index in [0.29, 0.717) is 0 Å². The first-order valence-corrected chi connectivity index (χ1v) is 33.7. The Morgan fingerprint density at radius 1 is 0.245 bits per heavy atom. The van der Waals surface area contributed by atoms with Crippen molar-refractivity contribution in [1.29, 1.82) is 0 Å². The lowest BCUT2D eigenvalue weighted by Gasteiger charge is -2.51. The van der Waals surface area contributed by atoms with Crippen LogP contribution in [0.2, 0.25) is 0 Å². The van der Waals surface area contributed by atoms with E-state index in [4.69, 9.17) is 80.5 Å². The number of nitrogens with one attached hydrogen (secondary N) is 2. The number of carbonyl (C=O) groups excluding carboxylic acids is 2. The number of amides is 2. The minimum absolute atomic E-state index is 0.772. The van der Waals surface area contributed by atoms with Gasteiger partial charge in [-0.1, -0.05) is 0 Å². The highest BCUT2D eigenvalue weighted by molar-refractivity contribution is 5.73. The van der Waals surface area contributed by atoms with Gasteiger partial charge in [0.1, 0.15) is 220 Å². The molecule has 45 atom stereocenters. The Labute approximate surface area is 598 Å². The second kappa shape index (κ2) is 37.9. The molecule has 9 aliphatic rings. The van der Waals surface area contributed by atoms with E-state index in [2.05, 4.69) is 10.6 Å². The van der Waals surface area contributed by atoms with Crippen LogP contribution in [0.25, 0.3) is 0 Å². The number of ether oxygens (including phenoxy) is 17. The zero-order chi connectivity index (χ0) is 77.9. The molecule has 0 aromatic rings. The number of rotatable bonds is 27. The van der Waals surface area contributed by atoms with Crippen molar-refractivity contribution >= 4 is 11.8 Å². The minimum atomic E-state index is -2.53. The predicted octanol–water partition coefficient (Wildman–Crippen LogP) is -20.3. The van der Waals surface area contributed by atoms with Gasteiger partial charge in [-0.2, -0.15) is 0 Å². The van der Waals surface area contributed by atoms with Crippen molar-refractivity contribution in [2.45, 2.75) is 290 Å². The molecule has 2 amide bonds. The van der Waals surface area contributed by atoms with Gasteiger partial charge >= 0.3 is 0 Å². The summed E-state index contributed by atoms with van der Waals surface area (Å²) in [6, 6.07) is -3.50. The normalized spacial score (nSPS) is 51.2. The number of aliphatic hydroxyl groups is 27. The second-order valence-electron chi connectivity index (χ2n) is 26.7. The van der Waals surface area contributed by atoms with Crippen LogP contribution in [-0.4, -0.2) is 485 Å². The highest BCUT2D eigenvalue weighted by Gasteiger charge is 2.61. The molecule has 616 valence electrons. The molecule has 0 radical (unpaired) electrons. The number of aliphatic hydroxyl groups excluding tert-OH is 27. The van der Waals surface area contributed by atoms with Crippen molar-refractivity contribution in [1.82, 2.24) is 10.6 Å². The molecule has 0 bridgehead atoms. The van der Waals surface area contributed by atoms with Gasteiger partial charge in [0.05, 0.1) is 59.5 Å². The largest absolute Gasteiger partial charge is 0.394 e. The van der Waals surface area contributed by atoms with Gasteiger partial charge in [-0.3, -0.25) is 9.59 Å². The first kappa shape index (κ1) is 87.2. The average Bonchev–Trinajstić information content (AvgIpc) is 0.770. The molecule has 48 nitrogen and oxygen atoms in total. The van der Waals surface area contributed by atoms with Crippen LogP contribution in [0.15, 0.2) is 0 Å². The van der Waals surface area contributed by atoms with Gasteiger partial charge in [-0.05, 0) is 0 Å². The van der Waals surface area contributed by atoms with Crippen molar-refractivity contribution in [3.8, 4) is 0 Å². The molecule has 0 aromatic heterocycles. The van der Waals surface area contributed by atoms with Crippen molar-refractivity contribution < 1.29 is 228 Å². The van der Waals surface area contributed by atoms with Crippen LogP contribution in [-0.2, 0) is 90.1 Å². The Morgan fingerprint density at radius 3 is 0.906 bits per heavy atom. The van der Waals surface area contributed by atoms with E-state index in [1.807, 2.05) is 0 Å². The fourth-order valence-electron chi connectivity index (χ4n) is 13.6. The molecule has 0 unspecified atom stereocenters. The molecule has 9 saturated heterocycles. The lowest BCUT2D eigenvalue weighted by atomic mass is 9.94. The van der Waals surface area contributed by atoms with E-state index in [0.717, 1.165) is 13.8 Å². The Bertz CT molecular complexity index is 2710. The monoisotopic (exact) mass is 1560 g/mol. The lowest BCUT2D eigenvalue weighted by Crippen LogP contribution is -2.70. The van der Waals surface area contributed by atoms with Crippen LogP contribution in [0.1, 0.15) is 13.8 Å². The van der Waals surface area contributed by atoms with E-state index in [1.165, 1.54) is 0 Å². The van der Waals surface area contributed by atoms with Crippen LogP contribution in [0, 0.1) is 0 Å². The first-order valence-electron chi connectivity index (χ1n) is 33.7. The molecular weight excluding hydrogens is 1460 g/mol. The van der Waals surface area contributed by atoms with Crippen molar-refractivity contribution in [2.75, 3.05) is 59.5 Å². The summed E-state index contributed by atoms with van der Waals surface area (Å²) in [4.78, 5) is 24.9. The summed E-state index contributed by atoms with van der Waals surface area (Å²) in [7, 11) is 0. The SMILES string of the molecule is CC(=O)N[C@@H]1[C@@H](O)[C@H](O[C@@H]2O[C@H](CO)[C@@H](O[C@@H]3O[C@H](CO[C@H]4O[C@H](CO)[C@@H](O)[C@H](O)[C@@H]4O)[C@@H](O)[C@H](O[C@H]4O[C@H](CO)[C@@H](O)[C@H](O)[C@@H]4O[C@H]4O[C@H](CO)[C@@H](O)[C@H](O)[C@@H]4O[C@H]4O[C@H](CO)[C@@H](O)[C@H](O[C@H]5O[C@H](CO)[C@@H](O)[C@H](O)[C@H]5O[C@H]5O[C@H](CO)[C@@H](O)[C@H](O)[C@H]5O)[C@@H]4O)[C@@H]3O)[C@H](O)[C@H]2NC(C)=O)[C@@H](CO)O[C@H]1O. The highest BCUT2D eigenvalue weighted by atomic mass is 16.8. The van der Waals surface area contributed by atoms with Gasteiger partial charge in [-0.25, -0.2) is 0 Å². The summed E-state index contributed by atoms with van der Waals surface area (Å²) in [5.74, 6) is -1.69. The molecule has 48 heteroatoms. The second-order valence-corrected chi connectivity index (χ2v) is 26.7. The van der Waals surface area contributed by atoms with E-state index in [-0.39, 0.29) is 0 Å². The molecule has 9 heterocycles. The molecule has 0 spiro atoms. The predicted molar refractivity (Wildman–Crippen MR) is 320 cm³/mol. The Hall–Kier alpha value is -2.82. The van der Waals surface area contributed by atoms with Gasteiger partial charge in [0.15, 0.2) is 56.6 Å². The van der Waals surface area contributed by atoms with Gasteiger partial charge < -0.3 is 229 Å². The number of hydrogen-bond donors (Lipinski definition) is 29. The zero-order valence-corrected chi connectivity index (χ0v) is 56.2. The molecule has 9 rings (SSSR count). The molecule has 9 fully saturated rings. The Kier molecular flexibility index (Phi) is 31.1. The fraction of sp³-hybridized carbons (Fsp3) is 0.966. The summed E-state index contributed by atoms with van der Waals surface area (Å²) >= 11 is 0. The van der Waals surface area contributed by atoms with Gasteiger partial charge in [0.2, 0.25) is 11.8 Å². The summed E-state index contributed by atoms with van der Waals surface area (Å²) < 4.78 is 98.9. The molecule has 0 aliphatic carbocycles. The van der Waals surface area contributed by atoms with Crippen molar-refractivity contribution in [3.05, 3.63) is 0 Å². The van der Waals surface area contributed by atoms with Crippen molar-refractivity contribution in [2.24, 2.45) is 0 Å². The quantitative estimate of drug-likeness (QED) is 0.0363. The smallest absolute Gasteiger partial charge is 0.217 e. The summed E-state index contributed by atoms with van der Waals surface area (Å²) in [5, 5.41) is 302. The van der Waals surface area contributed by atoms with Crippen LogP contribution in [0.4, 0.5) is 0 Å². The van der Waals surface area contributed by atoms with E-state index < -0.39 is 348 Å². The standard InChI is InChI=1S/C58H98N2O46/c1-12(69)59-23-32(78)43(20(9-67)91-50(23)89)100-51-24(60-13(2)70)33(79)44(21(10-68)98-51)101-55-42(88)46(31(77)22(99-55)11-90-52-39(85)34(80)25(71)14(3-61)92-52)103-57-49(38(84)29(75)17(6-64)96-57)106-58-48(37(83)28(74)18(7-65)97-58)105-54-41(87)45(30(76)19(8-66)94-54)102-56-47(36(82)27(73)16(5-63)95-56)104-53-40(86)35(81)26(72)15(4-62)93-53/h14-58,61-68,71-89H,3-11H2,1-2H3,(H,59,69)(H,60,70)/t14-,15-,16-,17-,18-,19-,20-,21-,22-,23-,24-,25-,26-,27-,28-,29-,30-,31-,32-,33-,34+,35+,36+,37+,38+,39+,40-,41+,42+,43-,44-,45+,46+,47-,48+,49+,50-,51+,52+,53-,54-,55+,56-,57-,58-/m1/s1. The molecule has 0 aromatic carbocycles. The summed E-state index contributed by atoms with van der Waals surface area (Å²) in [5.41, 5.74) is 0. The van der Waals surface area contributed by atoms with E-state index in [9.17, 15) is 147 Å². The van der Waals surface area contributed by atoms with E-state index in [1.54, 1.807) is 0 Å². The Balaban J connectivity index is 1.01. The maximum Gasteiger partial charge on any atom is 0.217 e. The van der Waals surface area contributed by atoms with Gasteiger partial charge in [0, 0.05) is 13.8 Å². The van der Waals surface area contributed by atoms with Crippen LogP contribution in [0.3, 0.4) is 0 Å². The Morgan fingerprint density at radius 2 is 0.509 bits per heavy atom. The van der Waals surface area contributed by atoms with Gasteiger partial charge in [0.25, 0.3) is 0 Å². The van der Waals surface area contributed by atoms with Crippen LogP contribution in [0.5, 0.6) is 0 Å². The molecule has 106 heavy (non-hydrogen) atoms. The first-order chi connectivity index (χ1) is 50.2. The van der Waals surface area contributed by atoms with Crippen molar-refractivity contribution in [3.63, 3.8) is 0 Å². The van der Waals surface area contributed by atoms with Gasteiger partial charge in [-0.15, -0.1) is 0 Å². The maximum absolute atomic E-state index is 12.8. The lowest BCUT2D eigenvalue weighted by molar-refractivity contribution is -0.413. The molecule has 0 saturated carbocycles. The number of hydrogen-bond acceptors (Lipinski definition) is 46. The molecule has 29 N–H and O–H groups in total. The van der Waals surface area contributed by atoms with E-state index >= 15 is 0 Å². The minimum Gasteiger partial charge on any atom is -0.394 e. The highest BCUT2D eigenvalue weighted by Crippen LogP contribution is 2.40. The molecule has 9 aliphatic heterocycles. The summed E-state index contributed by atoms with van der Waals surface area (Å²) in [6.45, 7) is -7.79. The summed E-state index contributed by atoms with van der Waals surface area (Å²) in [6.07, 6.45) is -91.3. The average molecular weight is 1560 g/mol. The molecular formula is C58H98N2O46. The third kappa shape index (κ3) is 18.5. The topological polar surface area (TPSA) is 761 Å². The third-order valence-electron chi connectivity index (χ3n) is 19.6. The van der Waals surface area contributed by atoms with Crippen LogP contribution >= 0.6 is 0 Å². The third-order valence-corrected chi connectivity index (χ3v) is 19.6.